The second-order valence-corrected chi connectivity index (χ2v) is 8.40. The molecule has 2 amide bonds. The first-order valence-corrected chi connectivity index (χ1v) is 11.5. The number of likely N-dealkylation sites (tertiary alicyclic amines) is 1. The molecule has 0 radical (unpaired) electrons. The zero-order valence-corrected chi connectivity index (χ0v) is 19.2. The number of esters is 1. The molecule has 0 spiro atoms. The highest BCUT2D eigenvalue weighted by molar-refractivity contribution is 5.95. The first-order chi connectivity index (χ1) is 16.1. The zero-order chi connectivity index (χ0) is 23.2. The standard InChI is InChI=1S/C26H31N3O4/c1-3-33-25(30)23-22(17-29-15-7-10-20(16-29)18-8-5-4-6-9-18)27-26(31)28-24(23)19-11-13-21(32-2)14-12-19/h4-6,8-9,11-14,20,24H,3,7,10,15-17H2,1-2H3,(H2,27,28,31)/t20-,24-/m1/s1. The fraction of sp³-hybridized carbons (Fsp3) is 0.385. The van der Waals surface area contributed by atoms with Crippen molar-refractivity contribution in [2.75, 3.05) is 33.4 Å². The molecular weight excluding hydrogens is 418 g/mol. The van der Waals surface area contributed by atoms with Crippen molar-refractivity contribution in [1.29, 1.82) is 0 Å². The van der Waals surface area contributed by atoms with E-state index in [-0.39, 0.29) is 12.6 Å². The lowest BCUT2D eigenvalue weighted by Crippen LogP contribution is -2.49. The summed E-state index contributed by atoms with van der Waals surface area (Å²) in [6.45, 7) is 4.32. The van der Waals surface area contributed by atoms with Crippen LogP contribution in [0.2, 0.25) is 0 Å². The molecular formula is C26H31N3O4. The van der Waals surface area contributed by atoms with Crippen molar-refractivity contribution in [1.82, 2.24) is 15.5 Å². The zero-order valence-electron chi connectivity index (χ0n) is 19.2. The van der Waals surface area contributed by atoms with Crippen LogP contribution in [0, 0.1) is 0 Å². The molecule has 2 aliphatic heterocycles. The van der Waals surface area contributed by atoms with E-state index in [0.717, 1.165) is 31.5 Å². The number of benzene rings is 2. The van der Waals surface area contributed by atoms with Crippen molar-refractivity contribution in [3.05, 3.63) is 77.0 Å². The second-order valence-electron chi connectivity index (χ2n) is 8.40. The Hall–Kier alpha value is -3.32. The largest absolute Gasteiger partial charge is 0.497 e. The SMILES string of the molecule is CCOC(=O)C1=C(CN2CCC[C@@H](c3ccccc3)C2)NC(=O)N[C@@H]1c1ccc(OC)cc1. The van der Waals surface area contributed by atoms with E-state index in [4.69, 9.17) is 9.47 Å². The van der Waals surface area contributed by atoms with Crippen LogP contribution < -0.4 is 15.4 Å². The summed E-state index contributed by atoms with van der Waals surface area (Å²) < 4.78 is 10.6. The van der Waals surface area contributed by atoms with Gasteiger partial charge in [0.15, 0.2) is 0 Å². The van der Waals surface area contributed by atoms with Crippen LogP contribution in [0.1, 0.15) is 42.9 Å². The van der Waals surface area contributed by atoms with Gasteiger partial charge in [0.25, 0.3) is 0 Å². The lowest BCUT2D eigenvalue weighted by molar-refractivity contribution is -0.139. The Kier molecular flexibility index (Phi) is 7.29. The number of rotatable bonds is 7. The number of carbonyl (C=O) groups excluding carboxylic acids is 2. The Morgan fingerprint density at radius 2 is 1.85 bits per heavy atom. The molecule has 33 heavy (non-hydrogen) atoms. The number of nitrogens with one attached hydrogen (secondary N) is 2. The number of piperidine rings is 1. The van der Waals surface area contributed by atoms with E-state index in [1.165, 1.54) is 5.56 Å². The number of amides is 2. The number of hydrogen-bond donors (Lipinski definition) is 2. The summed E-state index contributed by atoms with van der Waals surface area (Å²) in [5, 5.41) is 5.79. The molecule has 0 aliphatic carbocycles. The first kappa shape index (κ1) is 22.9. The average molecular weight is 450 g/mol. The van der Waals surface area contributed by atoms with Gasteiger partial charge in [0, 0.05) is 18.8 Å². The predicted molar refractivity (Wildman–Crippen MR) is 126 cm³/mol. The van der Waals surface area contributed by atoms with Crippen molar-refractivity contribution < 1.29 is 19.1 Å². The molecule has 2 heterocycles. The van der Waals surface area contributed by atoms with E-state index in [1.54, 1.807) is 14.0 Å². The molecule has 174 valence electrons. The number of methoxy groups -OCH3 is 1. The Morgan fingerprint density at radius 1 is 1.09 bits per heavy atom. The fourth-order valence-corrected chi connectivity index (χ4v) is 4.66. The molecule has 2 aromatic rings. The summed E-state index contributed by atoms with van der Waals surface area (Å²) in [6.07, 6.45) is 2.20. The maximum absolute atomic E-state index is 13.0. The summed E-state index contributed by atoms with van der Waals surface area (Å²) in [5.41, 5.74) is 3.18. The lowest BCUT2D eigenvalue weighted by atomic mass is 9.90. The minimum absolute atomic E-state index is 0.263. The van der Waals surface area contributed by atoms with Crippen LogP contribution >= 0.6 is 0 Å². The molecule has 4 rings (SSSR count). The maximum Gasteiger partial charge on any atom is 0.338 e. The number of carbonyl (C=O) groups is 2. The monoisotopic (exact) mass is 449 g/mol. The highest BCUT2D eigenvalue weighted by Crippen LogP contribution is 2.31. The minimum atomic E-state index is -0.589. The number of ether oxygens (including phenoxy) is 2. The van der Waals surface area contributed by atoms with Gasteiger partial charge in [-0.05, 0) is 55.5 Å². The third kappa shape index (κ3) is 5.37. The smallest absolute Gasteiger partial charge is 0.338 e. The highest BCUT2D eigenvalue weighted by Gasteiger charge is 2.35. The van der Waals surface area contributed by atoms with Gasteiger partial charge in [-0.15, -0.1) is 0 Å². The Bertz CT molecular complexity index is 1000. The minimum Gasteiger partial charge on any atom is -0.497 e. The van der Waals surface area contributed by atoms with Crippen molar-refractivity contribution in [2.45, 2.75) is 31.7 Å². The first-order valence-electron chi connectivity index (χ1n) is 11.5. The molecule has 2 N–H and O–H groups in total. The lowest BCUT2D eigenvalue weighted by Gasteiger charge is -2.36. The van der Waals surface area contributed by atoms with Gasteiger partial charge >= 0.3 is 12.0 Å². The van der Waals surface area contributed by atoms with Crippen LogP contribution in [0.25, 0.3) is 0 Å². The molecule has 0 unspecified atom stereocenters. The van der Waals surface area contributed by atoms with Crippen molar-refractivity contribution >= 4 is 12.0 Å². The molecule has 1 saturated heterocycles. The molecule has 2 aromatic carbocycles. The molecule has 0 bridgehead atoms. The summed E-state index contributed by atoms with van der Waals surface area (Å²) >= 11 is 0. The third-order valence-corrected chi connectivity index (χ3v) is 6.26. The summed E-state index contributed by atoms with van der Waals surface area (Å²) in [7, 11) is 1.60. The third-order valence-electron chi connectivity index (χ3n) is 6.26. The number of nitrogens with zero attached hydrogens (tertiary/aromatic N) is 1. The summed E-state index contributed by atoms with van der Waals surface area (Å²) in [6, 6.07) is 17.0. The van der Waals surface area contributed by atoms with Gasteiger partial charge in [-0.2, -0.15) is 0 Å². The van der Waals surface area contributed by atoms with E-state index in [1.807, 2.05) is 30.3 Å². The van der Waals surface area contributed by atoms with Crippen molar-refractivity contribution in [3.63, 3.8) is 0 Å². The molecule has 1 fully saturated rings. The molecule has 2 aliphatic rings. The van der Waals surface area contributed by atoms with Gasteiger partial charge in [-0.25, -0.2) is 9.59 Å². The van der Waals surface area contributed by atoms with E-state index < -0.39 is 12.0 Å². The van der Waals surface area contributed by atoms with Gasteiger partial charge in [0.2, 0.25) is 0 Å². The molecule has 0 aromatic heterocycles. The van der Waals surface area contributed by atoms with Crippen LogP contribution in [-0.2, 0) is 9.53 Å². The molecule has 0 saturated carbocycles. The Labute approximate surface area is 194 Å². The van der Waals surface area contributed by atoms with Crippen LogP contribution in [0.15, 0.2) is 65.9 Å². The van der Waals surface area contributed by atoms with Crippen LogP contribution in [0.4, 0.5) is 4.79 Å². The van der Waals surface area contributed by atoms with Gasteiger partial charge in [0.05, 0.1) is 25.3 Å². The maximum atomic E-state index is 13.0. The second kappa shape index (κ2) is 10.5. The highest BCUT2D eigenvalue weighted by atomic mass is 16.5. The van der Waals surface area contributed by atoms with Crippen LogP contribution in [-0.4, -0.2) is 50.3 Å². The van der Waals surface area contributed by atoms with Gasteiger partial charge < -0.3 is 20.1 Å². The molecule has 7 heteroatoms. The molecule has 7 nitrogen and oxygen atoms in total. The quantitative estimate of drug-likeness (QED) is 0.630. The normalized spacial score (nSPS) is 21.2. The Morgan fingerprint density at radius 3 is 2.55 bits per heavy atom. The van der Waals surface area contributed by atoms with Crippen molar-refractivity contribution in [2.24, 2.45) is 0 Å². The van der Waals surface area contributed by atoms with E-state index in [2.05, 4.69) is 39.8 Å². The van der Waals surface area contributed by atoms with E-state index in [9.17, 15) is 9.59 Å². The predicted octanol–water partition coefficient (Wildman–Crippen LogP) is 3.75. The van der Waals surface area contributed by atoms with E-state index in [0.29, 0.717) is 29.5 Å². The van der Waals surface area contributed by atoms with Gasteiger partial charge in [0.1, 0.15) is 5.75 Å². The van der Waals surface area contributed by atoms with Gasteiger partial charge in [-0.1, -0.05) is 42.5 Å². The fourth-order valence-electron chi connectivity index (χ4n) is 4.66. The average Bonchev–Trinajstić information content (AvgIpc) is 2.84. The van der Waals surface area contributed by atoms with Crippen molar-refractivity contribution in [3.8, 4) is 5.75 Å². The van der Waals surface area contributed by atoms with E-state index >= 15 is 0 Å². The number of hydrogen-bond acceptors (Lipinski definition) is 5. The van der Waals surface area contributed by atoms with Crippen LogP contribution in [0.3, 0.4) is 0 Å². The van der Waals surface area contributed by atoms with Gasteiger partial charge in [-0.3, -0.25) is 4.90 Å². The topological polar surface area (TPSA) is 79.9 Å². The molecule has 2 atom stereocenters. The summed E-state index contributed by atoms with van der Waals surface area (Å²) in [4.78, 5) is 27.9. The number of urea groups is 1. The van der Waals surface area contributed by atoms with Crippen LogP contribution in [0.5, 0.6) is 5.75 Å². The Balaban J connectivity index is 1.63. The summed E-state index contributed by atoms with van der Waals surface area (Å²) in [5.74, 6) is 0.722.